The number of ether oxygens (including phenoxy) is 1. The molecule has 106 valence electrons. The molecule has 1 heterocycles. The molecule has 1 saturated heterocycles. The van der Waals surface area contributed by atoms with Crippen molar-refractivity contribution in [1.29, 1.82) is 0 Å². The number of hydrogen-bond donors (Lipinski definition) is 1. The summed E-state index contributed by atoms with van der Waals surface area (Å²) in [6, 6.07) is -2.40. The van der Waals surface area contributed by atoms with Crippen molar-refractivity contribution < 1.29 is 22.7 Å². The van der Waals surface area contributed by atoms with E-state index in [2.05, 4.69) is 0 Å². The molecule has 0 saturated carbocycles. The van der Waals surface area contributed by atoms with E-state index in [-0.39, 0.29) is 19.4 Å². The van der Waals surface area contributed by atoms with E-state index >= 15 is 0 Å². The molecule has 1 rings (SSSR count). The van der Waals surface area contributed by atoms with Crippen molar-refractivity contribution in [1.82, 2.24) is 4.90 Å². The molecule has 0 bridgehead atoms. The highest BCUT2D eigenvalue weighted by Gasteiger charge is 2.52. The fourth-order valence-electron chi connectivity index (χ4n) is 2.03. The van der Waals surface area contributed by atoms with Crippen LogP contribution in [0.4, 0.5) is 18.0 Å². The highest BCUT2D eigenvalue weighted by molar-refractivity contribution is 5.69. The summed E-state index contributed by atoms with van der Waals surface area (Å²) in [7, 11) is 0. The molecule has 1 fully saturated rings. The van der Waals surface area contributed by atoms with Gasteiger partial charge in [-0.15, -0.1) is 0 Å². The van der Waals surface area contributed by atoms with Crippen molar-refractivity contribution in [2.75, 3.05) is 6.54 Å². The highest BCUT2D eigenvalue weighted by Crippen LogP contribution is 2.36. The number of rotatable bonds is 1. The lowest BCUT2D eigenvalue weighted by molar-refractivity contribution is -0.176. The van der Waals surface area contributed by atoms with E-state index in [1.807, 2.05) is 0 Å². The Balaban J connectivity index is 2.88. The van der Waals surface area contributed by atoms with Crippen LogP contribution in [0.25, 0.3) is 0 Å². The summed E-state index contributed by atoms with van der Waals surface area (Å²) in [6.07, 6.45) is -5.26. The van der Waals surface area contributed by atoms with Crippen LogP contribution in [-0.2, 0) is 4.74 Å². The van der Waals surface area contributed by atoms with Crippen molar-refractivity contribution in [2.24, 2.45) is 5.73 Å². The van der Waals surface area contributed by atoms with E-state index in [1.165, 1.54) is 0 Å². The second-order valence-electron chi connectivity index (χ2n) is 5.41. The van der Waals surface area contributed by atoms with Crippen LogP contribution in [0, 0.1) is 0 Å². The number of halogens is 3. The molecular formula is C11H19F3N2O2. The SMILES string of the molecule is CC(C)(C)OC(=O)N1[C@H](CN)CC[C@H]1C(F)(F)F. The predicted octanol–water partition coefficient (Wildman–Crippen LogP) is 2.28. The molecule has 0 unspecified atom stereocenters. The molecular weight excluding hydrogens is 249 g/mol. The second-order valence-corrected chi connectivity index (χ2v) is 5.41. The average molecular weight is 268 g/mol. The van der Waals surface area contributed by atoms with Gasteiger partial charge in [0.25, 0.3) is 0 Å². The van der Waals surface area contributed by atoms with Crippen LogP contribution in [0.1, 0.15) is 33.6 Å². The smallest absolute Gasteiger partial charge is 0.411 e. The Kier molecular flexibility index (Phi) is 4.15. The topological polar surface area (TPSA) is 55.6 Å². The van der Waals surface area contributed by atoms with Crippen LogP contribution in [0.5, 0.6) is 0 Å². The van der Waals surface area contributed by atoms with E-state index in [1.54, 1.807) is 20.8 Å². The largest absolute Gasteiger partial charge is 0.444 e. The minimum absolute atomic E-state index is 0.00578. The zero-order valence-corrected chi connectivity index (χ0v) is 10.8. The van der Waals surface area contributed by atoms with Crippen molar-refractivity contribution in [3.8, 4) is 0 Å². The maximum absolute atomic E-state index is 12.8. The maximum Gasteiger partial charge on any atom is 0.411 e. The standard InChI is InChI=1S/C11H19F3N2O2/c1-10(2,3)18-9(17)16-7(6-15)4-5-8(16)11(12,13)14/h7-8H,4-6,15H2,1-3H3/t7-,8-/m0/s1. The second kappa shape index (κ2) is 4.95. The summed E-state index contributed by atoms with van der Waals surface area (Å²) in [5.74, 6) is 0. The fourth-order valence-corrected chi connectivity index (χ4v) is 2.03. The Bertz CT molecular complexity index is 312. The number of likely N-dealkylation sites (tertiary alicyclic amines) is 1. The molecule has 1 aliphatic heterocycles. The van der Waals surface area contributed by atoms with E-state index in [0.29, 0.717) is 0 Å². The molecule has 0 aromatic rings. The average Bonchev–Trinajstić information content (AvgIpc) is 2.56. The lowest BCUT2D eigenvalue weighted by atomic mass is 10.2. The minimum atomic E-state index is -4.44. The van der Waals surface area contributed by atoms with Crippen LogP contribution in [-0.4, -0.2) is 41.4 Å². The molecule has 0 aliphatic carbocycles. The lowest BCUT2D eigenvalue weighted by Gasteiger charge is -2.32. The quantitative estimate of drug-likeness (QED) is 0.793. The zero-order chi connectivity index (χ0) is 14.1. The van der Waals surface area contributed by atoms with Gasteiger partial charge in [-0.3, -0.25) is 4.90 Å². The first kappa shape index (κ1) is 15.1. The summed E-state index contributed by atoms with van der Waals surface area (Å²) in [6.45, 7) is 4.84. The Morgan fingerprint density at radius 2 is 1.89 bits per heavy atom. The maximum atomic E-state index is 12.8. The monoisotopic (exact) mass is 268 g/mol. The third kappa shape index (κ3) is 3.51. The van der Waals surface area contributed by atoms with Gasteiger partial charge >= 0.3 is 12.3 Å². The normalized spacial score (nSPS) is 25.4. The van der Waals surface area contributed by atoms with Gasteiger partial charge in [0.15, 0.2) is 0 Å². The molecule has 18 heavy (non-hydrogen) atoms. The Labute approximate surface area is 104 Å². The van der Waals surface area contributed by atoms with Crippen LogP contribution < -0.4 is 5.73 Å². The molecule has 2 atom stereocenters. The predicted molar refractivity (Wildman–Crippen MR) is 60.0 cm³/mol. The molecule has 0 radical (unpaired) electrons. The van der Waals surface area contributed by atoms with Gasteiger partial charge in [0, 0.05) is 12.6 Å². The summed E-state index contributed by atoms with van der Waals surface area (Å²) in [5, 5.41) is 0. The third-order valence-electron chi connectivity index (χ3n) is 2.76. The van der Waals surface area contributed by atoms with Crippen molar-refractivity contribution in [3.63, 3.8) is 0 Å². The van der Waals surface area contributed by atoms with E-state index in [4.69, 9.17) is 10.5 Å². The summed E-state index contributed by atoms with van der Waals surface area (Å²) < 4.78 is 43.5. The molecule has 0 aromatic heterocycles. The van der Waals surface area contributed by atoms with Crippen LogP contribution in [0.2, 0.25) is 0 Å². The summed E-state index contributed by atoms with van der Waals surface area (Å²) in [4.78, 5) is 12.6. The molecule has 7 heteroatoms. The Hall–Kier alpha value is -0.980. The van der Waals surface area contributed by atoms with Gasteiger partial charge in [-0.05, 0) is 33.6 Å². The number of carbonyl (C=O) groups is 1. The Morgan fingerprint density at radius 1 is 1.33 bits per heavy atom. The number of carbonyl (C=O) groups excluding carboxylic acids is 1. The lowest BCUT2D eigenvalue weighted by Crippen LogP contribution is -2.51. The molecule has 1 amide bonds. The molecule has 0 aromatic carbocycles. The number of nitrogens with zero attached hydrogens (tertiary/aromatic N) is 1. The van der Waals surface area contributed by atoms with Gasteiger partial charge in [0.05, 0.1) is 0 Å². The third-order valence-corrected chi connectivity index (χ3v) is 2.76. The number of nitrogens with two attached hydrogens (primary N) is 1. The number of alkyl halides is 3. The van der Waals surface area contributed by atoms with Crippen LogP contribution in [0.15, 0.2) is 0 Å². The zero-order valence-electron chi connectivity index (χ0n) is 10.8. The Morgan fingerprint density at radius 3 is 2.28 bits per heavy atom. The van der Waals surface area contributed by atoms with E-state index < -0.39 is 30.0 Å². The summed E-state index contributed by atoms with van der Waals surface area (Å²) in [5.41, 5.74) is 4.59. The first-order valence-corrected chi connectivity index (χ1v) is 5.84. The van der Waals surface area contributed by atoms with Gasteiger partial charge in [-0.1, -0.05) is 0 Å². The first-order chi connectivity index (χ1) is 8.06. The number of amides is 1. The van der Waals surface area contributed by atoms with Gasteiger partial charge in [0.2, 0.25) is 0 Å². The molecule has 4 nitrogen and oxygen atoms in total. The van der Waals surface area contributed by atoms with Gasteiger partial charge in [-0.2, -0.15) is 13.2 Å². The van der Waals surface area contributed by atoms with Gasteiger partial charge in [-0.25, -0.2) is 4.79 Å². The van der Waals surface area contributed by atoms with Crippen LogP contribution >= 0.6 is 0 Å². The van der Waals surface area contributed by atoms with Crippen molar-refractivity contribution in [2.45, 2.75) is 57.5 Å². The molecule has 2 N–H and O–H groups in total. The minimum Gasteiger partial charge on any atom is -0.444 e. The molecule has 1 aliphatic rings. The van der Waals surface area contributed by atoms with E-state index in [9.17, 15) is 18.0 Å². The number of hydrogen-bond acceptors (Lipinski definition) is 3. The fraction of sp³-hybridized carbons (Fsp3) is 0.909. The highest BCUT2D eigenvalue weighted by atomic mass is 19.4. The van der Waals surface area contributed by atoms with Crippen molar-refractivity contribution >= 4 is 6.09 Å². The van der Waals surface area contributed by atoms with Crippen molar-refractivity contribution in [3.05, 3.63) is 0 Å². The van der Waals surface area contributed by atoms with Crippen LogP contribution in [0.3, 0.4) is 0 Å². The van der Waals surface area contributed by atoms with Gasteiger partial charge in [0.1, 0.15) is 11.6 Å². The van der Waals surface area contributed by atoms with E-state index in [0.717, 1.165) is 4.90 Å². The molecule has 0 spiro atoms. The van der Waals surface area contributed by atoms with Gasteiger partial charge < -0.3 is 10.5 Å². The summed E-state index contributed by atoms with van der Waals surface area (Å²) >= 11 is 0. The first-order valence-electron chi connectivity index (χ1n) is 5.84.